The number of hydrogen-bond donors (Lipinski definition) is 2. The molecule has 2 atom stereocenters. The molecule has 0 heterocycles. The normalized spacial score (nSPS) is 44.0. The zero-order chi connectivity index (χ0) is 19.7. The van der Waals surface area contributed by atoms with Gasteiger partial charge in [-0.3, -0.25) is 0 Å². The molecule has 4 bridgehead atoms. The highest BCUT2D eigenvalue weighted by Crippen LogP contribution is 2.78. The van der Waals surface area contributed by atoms with Gasteiger partial charge in [-0.2, -0.15) is 0 Å². The zero-order valence-corrected chi connectivity index (χ0v) is 18.5. The predicted molar refractivity (Wildman–Crippen MR) is 123 cm³/mol. The molecule has 6 aliphatic rings. The Kier molecular flexibility index (Phi) is 4.24. The minimum atomic E-state index is 0.259. The maximum atomic E-state index is 6.24. The first kappa shape index (κ1) is 18.8. The first-order chi connectivity index (χ1) is 14.1. The van der Waals surface area contributed by atoms with E-state index in [1.165, 1.54) is 75.6 Å². The summed E-state index contributed by atoms with van der Waals surface area (Å²) in [5.74, 6) is 2.53. The van der Waals surface area contributed by atoms with Crippen molar-refractivity contribution < 1.29 is 0 Å². The third kappa shape index (κ3) is 2.79. The monoisotopic (exact) mass is 408 g/mol. The van der Waals surface area contributed by atoms with Crippen LogP contribution in [-0.2, 0) is 5.41 Å². The fourth-order valence-electron chi connectivity index (χ4n) is 8.52. The van der Waals surface area contributed by atoms with Crippen molar-refractivity contribution in [3.8, 4) is 0 Å². The molecule has 6 aliphatic carbocycles. The summed E-state index contributed by atoms with van der Waals surface area (Å²) in [6.07, 6.45) is 14.9. The van der Waals surface area contributed by atoms with Crippen LogP contribution in [0.1, 0.15) is 76.2 Å². The molecule has 6 fully saturated rings. The summed E-state index contributed by atoms with van der Waals surface area (Å²) in [5, 5.41) is 3.93. The first-order valence-corrected chi connectivity index (χ1v) is 12.5. The van der Waals surface area contributed by atoms with Gasteiger partial charge in [-0.15, -0.1) is 0 Å². The lowest BCUT2D eigenvalue weighted by atomic mass is 9.39. The summed E-state index contributed by atoms with van der Waals surface area (Å²) in [4.78, 5) is 1.24. The van der Waals surface area contributed by atoms with E-state index in [0.717, 1.165) is 24.3 Å². The van der Waals surface area contributed by atoms with Crippen LogP contribution < -0.4 is 11.1 Å². The fraction of sp³-hybridized carbons (Fsp3) is 0.731. The van der Waals surface area contributed by atoms with Crippen molar-refractivity contribution in [2.45, 2.75) is 82.1 Å². The van der Waals surface area contributed by atoms with Crippen molar-refractivity contribution in [3.63, 3.8) is 0 Å². The standard InChI is InChI=1S/C26H36N2S/c27-16-18-6-8-22(9-7-18)28-23(29)25-14-20-12-24(17-25,19-4-2-1-3-5-19)13-21(15-25)26(20)10-11-26/h1-5,18,20-22H,6-17,27H2,(H,28,29)/t18-,20?,21?,22-,24?,25?. The van der Waals surface area contributed by atoms with Crippen molar-refractivity contribution in [2.75, 3.05) is 6.54 Å². The summed E-state index contributed by atoms with van der Waals surface area (Å²) in [6.45, 7) is 0.853. The predicted octanol–water partition coefficient (Wildman–Crippen LogP) is 5.35. The maximum Gasteiger partial charge on any atom is 0.0818 e. The SMILES string of the molecule is NC[C@H]1CC[C@H](NC(=S)C23CC4CC(c5ccccc5)(CC(C2)C42CC2)C3)CC1. The molecule has 0 amide bonds. The van der Waals surface area contributed by atoms with E-state index >= 15 is 0 Å². The second kappa shape index (κ2) is 6.53. The lowest BCUT2D eigenvalue weighted by Crippen LogP contribution is -2.63. The maximum absolute atomic E-state index is 6.24. The quantitative estimate of drug-likeness (QED) is 0.660. The number of rotatable bonds is 4. The topological polar surface area (TPSA) is 38.0 Å². The highest BCUT2D eigenvalue weighted by atomic mass is 32.1. The van der Waals surface area contributed by atoms with E-state index in [9.17, 15) is 0 Å². The minimum Gasteiger partial charge on any atom is -0.376 e. The Morgan fingerprint density at radius 1 is 0.966 bits per heavy atom. The Morgan fingerprint density at radius 3 is 2.21 bits per heavy atom. The van der Waals surface area contributed by atoms with Crippen LogP contribution in [0.3, 0.4) is 0 Å². The van der Waals surface area contributed by atoms with Crippen LogP contribution in [0.4, 0.5) is 0 Å². The number of thiocarbonyl (C=S) groups is 1. The molecule has 1 spiro atoms. The molecule has 2 nitrogen and oxygen atoms in total. The molecule has 3 N–H and O–H groups in total. The molecular formula is C26H36N2S. The lowest BCUT2D eigenvalue weighted by Gasteiger charge is -2.66. The second-order valence-corrected chi connectivity index (χ2v) is 11.9. The number of hydrogen-bond acceptors (Lipinski definition) is 2. The van der Waals surface area contributed by atoms with Gasteiger partial charge < -0.3 is 11.1 Å². The Morgan fingerprint density at radius 2 is 1.62 bits per heavy atom. The van der Waals surface area contributed by atoms with Crippen LogP contribution >= 0.6 is 12.2 Å². The average Bonchev–Trinajstić information content (AvgIpc) is 3.55. The van der Waals surface area contributed by atoms with Gasteiger partial charge in [0.1, 0.15) is 0 Å². The molecule has 7 rings (SSSR count). The van der Waals surface area contributed by atoms with Gasteiger partial charge in [0.2, 0.25) is 0 Å². The van der Waals surface area contributed by atoms with Crippen LogP contribution in [0.2, 0.25) is 0 Å². The molecule has 3 heteroatoms. The summed E-state index contributed by atoms with van der Waals surface area (Å²) >= 11 is 6.24. The highest BCUT2D eigenvalue weighted by Gasteiger charge is 2.71. The van der Waals surface area contributed by atoms with Gasteiger partial charge >= 0.3 is 0 Å². The fourth-order valence-corrected chi connectivity index (χ4v) is 8.92. The lowest BCUT2D eigenvalue weighted by molar-refractivity contribution is -0.0948. The molecular weight excluding hydrogens is 372 g/mol. The molecule has 0 aromatic heterocycles. The number of nitrogens with one attached hydrogen (secondary N) is 1. The second-order valence-electron chi connectivity index (χ2n) is 11.5. The van der Waals surface area contributed by atoms with Crippen LogP contribution in [0.15, 0.2) is 30.3 Å². The van der Waals surface area contributed by atoms with Gasteiger partial charge in [-0.25, -0.2) is 0 Å². The van der Waals surface area contributed by atoms with Gasteiger partial charge in [-0.05, 0) is 111 Å². The highest BCUT2D eigenvalue weighted by molar-refractivity contribution is 7.80. The summed E-state index contributed by atoms with van der Waals surface area (Å²) in [6, 6.07) is 12.1. The van der Waals surface area contributed by atoms with Crippen molar-refractivity contribution in [2.24, 2.45) is 34.3 Å². The smallest absolute Gasteiger partial charge is 0.0818 e. The molecule has 6 saturated carbocycles. The molecule has 1 aromatic carbocycles. The molecule has 0 saturated heterocycles. The Hall–Kier alpha value is -0.930. The van der Waals surface area contributed by atoms with E-state index in [1.54, 1.807) is 5.56 Å². The molecule has 2 unspecified atom stereocenters. The van der Waals surface area contributed by atoms with Gasteiger partial charge in [0.15, 0.2) is 0 Å². The molecule has 156 valence electrons. The van der Waals surface area contributed by atoms with Crippen LogP contribution in [0.25, 0.3) is 0 Å². The Balaban J connectivity index is 1.27. The summed E-state index contributed by atoms with van der Waals surface area (Å²) in [7, 11) is 0. The Labute approximate surface area is 181 Å². The largest absolute Gasteiger partial charge is 0.376 e. The van der Waals surface area contributed by atoms with Crippen molar-refractivity contribution in [1.82, 2.24) is 5.32 Å². The van der Waals surface area contributed by atoms with E-state index in [2.05, 4.69) is 35.6 Å². The number of benzene rings is 1. The zero-order valence-electron chi connectivity index (χ0n) is 17.7. The minimum absolute atomic E-state index is 0.259. The molecule has 1 aromatic rings. The number of nitrogens with two attached hydrogens (primary N) is 1. The summed E-state index contributed by atoms with van der Waals surface area (Å²) < 4.78 is 0. The van der Waals surface area contributed by atoms with Gasteiger partial charge in [0, 0.05) is 11.5 Å². The van der Waals surface area contributed by atoms with Crippen LogP contribution in [-0.4, -0.2) is 17.6 Å². The average molecular weight is 409 g/mol. The van der Waals surface area contributed by atoms with E-state index in [0.29, 0.717) is 16.9 Å². The van der Waals surface area contributed by atoms with Gasteiger partial charge in [-0.1, -0.05) is 42.5 Å². The molecule has 0 radical (unpaired) electrons. The van der Waals surface area contributed by atoms with Crippen LogP contribution in [0, 0.1) is 28.6 Å². The van der Waals surface area contributed by atoms with Crippen molar-refractivity contribution >= 4 is 17.2 Å². The van der Waals surface area contributed by atoms with Gasteiger partial charge in [0.05, 0.1) is 4.99 Å². The third-order valence-electron chi connectivity index (χ3n) is 10.1. The van der Waals surface area contributed by atoms with E-state index < -0.39 is 0 Å². The molecule has 0 aliphatic heterocycles. The molecule has 29 heavy (non-hydrogen) atoms. The van der Waals surface area contributed by atoms with E-state index in [1.807, 2.05) is 0 Å². The third-order valence-corrected chi connectivity index (χ3v) is 10.6. The van der Waals surface area contributed by atoms with Crippen LogP contribution in [0.5, 0.6) is 0 Å². The van der Waals surface area contributed by atoms with Crippen molar-refractivity contribution in [3.05, 3.63) is 35.9 Å². The van der Waals surface area contributed by atoms with Crippen molar-refractivity contribution in [1.29, 1.82) is 0 Å². The Bertz CT molecular complexity index is 772. The van der Waals surface area contributed by atoms with E-state index in [-0.39, 0.29) is 5.41 Å². The summed E-state index contributed by atoms with van der Waals surface area (Å²) in [5.41, 5.74) is 8.85. The first-order valence-electron chi connectivity index (χ1n) is 12.1. The van der Waals surface area contributed by atoms with E-state index in [4.69, 9.17) is 18.0 Å². The van der Waals surface area contributed by atoms with Gasteiger partial charge in [0.25, 0.3) is 0 Å².